The molecule has 6 heteroatoms. The fourth-order valence-electron chi connectivity index (χ4n) is 2.60. The second-order valence-corrected chi connectivity index (χ2v) is 5.38. The van der Waals surface area contributed by atoms with Crippen molar-refractivity contribution in [3.63, 3.8) is 0 Å². The van der Waals surface area contributed by atoms with Gasteiger partial charge in [-0.05, 0) is 19.1 Å². The zero-order valence-electron chi connectivity index (χ0n) is 12.5. The molecule has 3 rings (SSSR count). The minimum absolute atomic E-state index is 0.432. The highest BCUT2D eigenvalue weighted by Gasteiger charge is 2.10. The van der Waals surface area contributed by atoms with Gasteiger partial charge in [-0.15, -0.1) is 0 Å². The number of anilines is 1. The summed E-state index contributed by atoms with van der Waals surface area (Å²) in [5, 5.41) is 4.87. The molecule has 0 aliphatic carbocycles. The summed E-state index contributed by atoms with van der Waals surface area (Å²) in [5.41, 5.74) is 2.31. The lowest BCUT2D eigenvalue weighted by atomic mass is 10.2. The summed E-state index contributed by atoms with van der Waals surface area (Å²) in [4.78, 5) is 8.00. The smallest absolute Gasteiger partial charge is 0.143 e. The van der Waals surface area contributed by atoms with Gasteiger partial charge in [0.1, 0.15) is 23.0 Å². The van der Waals surface area contributed by atoms with E-state index < -0.39 is 0 Å². The summed E-state index contributed by atoms with van der Waals surface area (Å²) < 4.78 is 7.72. The number of para-hydroxylation sites is 1. The molecule has 0 amide bonds. The molecule has 1 aromatic carbocycles. The van der Waals surface area contributed by atoms with Crippen molar-refractivity contribution in [1.82, 2.24) is 14.5 Å². The van der Waals surface area contributed by atoms with Crippen LogP contribution in [-0.4, -0.2) is 28.2 Å². The Morgan fingerprint density at radius 2 is 2.14 bits per heavy atom. The maximum atomic E-state index is 5.85. The van der Waals surface area contributed by atoms with Crippen LogP contribution in [0.15, 0.2) is 36.7 Å². The van der Waals surface area contributed by atoms with Gasteiger partial charge in [-0.25, -0.2) is 9.97 Å². The minimum Gasteiger partial charge on any atom is -0.495 e. The largest absolute Gasteiger partial charge is 0.495 e. The van der Waals surface area contributed by atoms with E-state index in [-0.39, 0.29) is 0 Å². The van der Waals surface area contributed by atoms with Crippen LogP contribution in [-0.2, 0) is 6.54 Å². The Kier molecular flexibility index (Phi) is 4.15. The number of benzene rings is 1. The van der Waals surface area contributed by atoms with Crippen molar-refractivity contribution < 1.29 is 4.74 Å². The average Bonchev–Trinajstić information content (AvgIpc) is 2.83. The molecule has 0 aliphatic rings. The number of halogens is 1. The van der Waals surface area contributed by atoms with Crippen LogP contribution in [0.2, 0.25) is 5.15 Å². The molecule has 0 radical (unpaired) electrons. The summed E-state index contributed by atoms with van der Waals surface area (Å²) in [7, 11) is 1.70. The maximum Gasteiger partial charge on any atom is 0.143 e. The molecule has 0 aliphatic heterocycles. The highest BCUT2D eigenvalue weighted by atomic mass is 35.5. The van der Waals surface area contributed by atoms with Gasteiger partial charge in [-0.2, -0.15) is 0 Å². The first-order chi connectivity index (χ1) is 10.7. The van der Waals surface area contributed by atoms with Crippen molar-refractivity contribution >= 4 is 28.3 Å². The van der Waals surface area contributed by atoms with Crippen molar-refractivity contribution in [2.45, 2.75) is 13.5 Å². The highest BCUT2D eigenvalue weighted by molar-refractivity contribution is 6.29. The molecule has 0 saturated heterocycles. The molecule has 0 unspecified atom stereocenters. The third-order valence-electron chi connectivity index (χ3n) is 3.59. The summed E-state index contributed by atoms with van der Waals surface area (Å²) in [6.07, 6.45) is 1.45. The van der Waals surface area contributed by atoms with E-state index in [0.717, 1.165) is 30.2 Å². The molecule has 1 N–H and O–H groups in total. The average molecular weight is 317 g/mol. The lowest BCUT2D eigenvalue weighted by Crippen LogP contribution is -2.12. The quantitative estimate of drug-likeness (QED) is 0.732. The Bertz CT molecular complexity index is 800. The van der Waals surface area contributed by atoms with Crippen LogP contribution in [0, 0.1) is 6.92 Å². The van der Waals surface area contributed by atoms with Crippen LogP contribution in [0.4, 0.5) is 5.82 Å². The number of aromatic nitrogens is 3. The number of rotatable bonds is 5. The zero-order chi connectivity index (χ0) is 15.5. The van der Waals surface area contributed by atoms with E-state index in [0.29, 0.717) is 5.15 Å². The topological polar surface area (TPSA) is 52.0 Å². The fraction of sp³-hybridized carbons (Fsp3) is 0.250. The molecule has 0 atom stereocenters. The molecule has 2 aromatic heterocycles. The standard InChI is InChI=1S/C16H17ClN4O/c1-11-8-12-4-3-5-13(22-2)16(12)21(11)7-6-18-15-9-14(17)19-10-20-15/h3-5,8-10H,6-7H2,1-2H3,(H,18,19,20). The number of nitrogens with one attached hydrogen (secondary N) is 1. The number of ether oxygens (including phenoxy) is 1. The Hall–Kier alpha value is -2.27. The predicted octanol–water partition coefficient (Wildman–Crippen LogP) is 3.51. The SMILES string of the molecule is COc1cccc2cc(C)n(CCNc3cc(Cl)ncn3)c12. The minimum atomic E-state index is 0.432. The summed E-state index contributed by atoms with van der Waals surface area (Å²) >= 11 is 5.85. The Labute approximate surface area is 133 Å². The van der Waals surface area contributed by atoms with Crippen molar-refractivity contribution in [3.05, 3.63) is 47.5 Å². The van der Waals surface area contributed by atoms with Gasteiger partial charge in [0.2, 0.25) is 0 Å². The predicted molar refractivity (Wildman–Crippen MR) is 88.8 cm³/mol. The molecule has 22 heavy (non-hydrogen) atoms. The molecule has 0 bridgehead atoms. The second-order valence-electron chi connectivity index (χ2n) is 4.99. The van der Waals surface area contributed by atoms with E-state index in [1.165, 1.54) is 17.4 Å². The Morgan fingerprint density at radius 1 is 1.27 bits per heavy atom. The van der Waals surface area contributed by atoms with E-state index in [2.05, 4.69) is 38.9 Å². The van der Waals surface area contributed by atoms with Gasteiger partial charge in [0.25, 0.3) is 0 Å². The Balaban J connectivity index is 1.80. The molecule has 2 heterocycles. The number of hydrogen-bond acceptors (Lipinski definition) is 4. The van der Waals surface area contributed by atoms with E-state index in [9.17, 15) is 0 Å². The third-order valence-corrected chi connectivity index (χ3v) is 3.79. The van der Waals surface area contributed by atoms with Crippen molar-refractivity contribution in [2.24, 2.45) is 0 Å². The van der Waals surface area contributed by atoms with Gasteiger partial charge in [0.05, 0.1) is 12.6 Å². The van der Waals surface area contributed by atoms with Crippen LogP contribution in [0.25, 0.3) is 10.9 Å². The molecule has 114 valence electrons. The van der Waals surface area contributed by atoms with Crippen molar-refractivity contribution in [1.29, 1.82) is 0 Å². The molecule has 0 spiro atoms. The van der Waals surface area contributed by atoms with E-state index in [1.54, 1.807) is 13.2 Å². The molecular formula is C16H17ClN4O. The van der Waals surface area contributed by atoms with Crippen LogP contribution < -0.4 is 10.1 Å². The van der Waals surface area contributed by atoms with Gasteiger partial charge in [0.15, 0.2) is 0 Å². The number of aryl methyl sites for hydroxylation is 1. The van der Waals surface area contributed by atoms with Gasteiger partial charge >= 0.3 is 0 Å². The van der Waals surface area contributed by atoms with Gasteiger partial charge in [-0.3, -0.25) is 0 Å². The fourth-order valence-corrected chi connectivity index (χ4v) is 2.75. The van der Waals surface area contributed by atoms with Gasteiger partial charge in [0, 0.05) is 30.2 Å². The first-order valence-electron chi connectivity index (χ1n) is 7.03. The zero-order valence-corrected chi connectivity index (χ0v) is 13.3. The Morgan fingerprint density at radius 3 is 2.91 bits per heavy atom. The number of fused-ring (bicyclic) bond motifs is 1. The first-order valence-corrected chi connectivity index (χ1v) is 7.41. The monoisotopic (exact) mass is 316 g/mol. The normalized spacial score (nSPS) is 10.9. The number of hydrogen-bond donors (Lipinski definition) is 1. The molecule has 0 fully saturated rings. The summed E-state index contributed by atoms with van der Waals surface area (Å²) in [6.45, 7) is 3.63. The van der Waals surface area contributed by atoms with E-state index >= 15 is 0 Å². The summed E-state index contributed by atoms with van der Waals surface area (Å²) in [6, 6.07) is 9.96. The van der Waals surface area contributed by atoms with Crippen LogP contribution in [0.1, 0.15) is 5.69 Å². The van der Waals surface area contributed by atoms with E-state index in [4.69, 9.17) is 16.3 Å². The lowest BCUT2D eigenvalue weighted by molar-refractivity contribution is 0.417. The molecule has 5 nitrogen and oxygen atoms in total. The van der Waals surface area contributed by atoms with Crippen LogP contribution in [0.5, 0.6) is 5.75 Å². The number of methoxy groups -OCH3 is 1. The van der Waals surface area contributed by atoms with Crippen molar-refractivity contribution in [3.8, 4) is 5.75 Å². The third kappa shape index (κ3) is 2.85. The molecular weight excluding hydrogens is 300 g/mol. The van der Waals surface area contributed by atoms with E-state index in [1.807, 2.05) is 12.1 Å². The maximum absolute atomic E-state index is 5.85. The lowest BCUT2D eigenvalue weighted by Gasteiger charge is -2.12. The highest BCUT2D eigenvalue weighted by Crippen LogP contribution is 2.28. The van der Waals surface area contributed by atoms with Crippen molar-refractivity contribution in [2.75, 3.05) is 19.0 Å². The second kappa shape index (κ2) is 6.23. The van der Waals surface area contributed by atoms with Crippen LogP contribution in [0.3, 0.4) is 0 Å². The van der Waals surface area contributed by atoms with Crippen LogP contribution >= 0.6 is 11.6 Å². The molecule has 3 aromatic rings. The first kappa shape index (κ1) is 14.7. The van der Waals surface area contributed by atoms with Gasteiger partial charge < -0.3 is 14.6 Å². The summed E-state index contributed by atoms with van der Waals surface area (Å²) in [5.74, 6) is 1.61. The number of nitrogens with zero attached hydrogens (tertiary/aromatic N) is 3. The van der Waals surface area contributed by atoms with Gasteiger partial charge in [-0.1, -0.05) is 23.7 Å². The molecule has 0 saturated carbocycles.